The van der Waals surface area contributed by atoms with Crippen LogP contribution in [0.15, 0.2) is 60.7 Å². The second-order valence-electron chi connectivity index (χ2n) is 4.76. The largest absolute Gasteiger partial charge is 0.478 e. The van der Waals surface area contributed by atoms with E-state index in [-0.39, 0.29) is 5.56 Å². The summed E-state index contributed by atoms with van der Waals surface area (Å²) in [6.45, 7) is 0. The summed E-state index contributed by atoms with van der Waals surface area (Å²) in [5, 5.41) is 10.9. The zero-order valence-corrected chi connectivity index (χ0v) is 11.9. The maximum Gasteiger partial charge on any atom is 0.335 e. The average molecular weight is 295 g/mol. The Morgan fingerprint density at radius 1 is 0.818 bits per heavy atom. The van der Waals surface area contributed by atoms with E-state index in [4.69, 9.17) is 22.3 Å². The summed E-state index contributed by atoms with van der Waals surface area (Å²) in [6, 6.07) is 18.3. The smallest absolute Gasteiger partial charge is 0.335 e. The topological polar surface area (TPSA) is 115 Å². The lowest BCUT2D eigenvalue weighted by Gasteiger charge is -1.98. The summed E-state index contributed by atoms with van der Waals surface area (Å²) in [4.78, 5) is 10.4. The number of hydrogen-bond donors (Lipinski definition) is 4. The van der Waals surface area contributed by atoms with Crippen LogP contribution in [-0.2, 0) is 0 Å². The maximum absolute atomic E-state index is 10.4. The van der Waals surface area contributed by atoms with Gasteiger partial charge in [-0.25, -0.2) is 4.79 Å². The van der Waals surface area contributed by atoms with Gasteiger partial charge in [0.2, 0.25) is 0 Å². The van der Waals surface area contributed by atoms with Gasteiger partial charge in [0.25, 0.3) is 0 Å². The molecule has 0 heterocycles. The van der Waals surface area contributed by atoms with Crippen LogP contribution in [0.2, 0.25) is 0 Å². The fraction of sp³-hybridized carbons (Fsp3) is 0. The predicted octanol–water partition coefficient (Wildman–Crippen LogP) is 2.97. The van der Waals surface area contributed by atoms with Gasteiger partial charge in [0.05, 0.1) is 5.56 Å². The number of aromatic carboxylic acids is 1. The molecule has 22 heavy (non-hydrogen) atoms. The molecule has 0 spiro atoms. The van der Waals surface area contributed by atoms with Crippen molar-refractivity contribution in [1.82, 2.24) is 0 Å². The zero-order valence-electron chi connectivity index (χ0n) is 11.9. The molecule has 0 aliphatic carbocycles. The van der Waals surface area contributed by atoms with Crippen LogP contribution in [0, 0.1) is 0 Å². The van der Waals surface area contributed by atoms with Crippen molar-refractivity contribution in [2.75, 3.05) is 17.2 Å². The molecule has 0 fully saturated rings. The lowest BCUT2D eigenvalue weighted by molar-refractivity contribution is 0.0697. The summed E-state index contributed by atoms with van der Waals surface area (Å²) in [6.07, 6.45) is 0. The van der Waals surface area contributed by atoms with Gasteiger partial charge in [0, 0.05) is 22.4 Å². The van der Waals surface area contributed by atoms with Crippen LogP contribution in [0.5, 0.6) is 0 Å². The SMILES string of the molecule is Nc1cc(N)cc(C(=O)O)c1.Nc1cccc2ccccc12. The van der Waals surface area contributed by atoms with E-state index in [9.17, 15) is 4.79 Å². The third-order valence-electron chi connectivity index (χ3n) is 3.05. The molecule has 0 aliphatic heterocycles. The molecule has 0 aromatic heterocycles. The van der Waals surface area contributed by atoms with Gasteiger partial charge < -0.3 is 22.3 Å². The number of nitrogens with two attached hydrogens (primary N) is 3. The van der Waals surface area contributed by atoms with E-state index in [1.54, 1.807) is 0 Å². The molecule has 0 bridgehead atoms. The van der Waals surface area contributed by atoms with Crippen molar-refractivity contribution in [3.8, 4) is 0 Å². The highest BCUT2D eigenvalue weighted by Crippen LogP contribution is 2.19. The number of carboxylic acids is 1. The predicted molar refractivity (Wildman–Crippen MR) is 90.6 cm³/mol. The van der Waals surface area contributed by atoms with Crippen molar-refractivity contribution >= 4 is 33.8 Å². The fourth-order valence-corrected chi connectivity index (χ4v) is 2.05. The van der Waals surface area contributed by atoms with Crippen molar-refractivity contribution in [3.63, 3.8) is 0 Å². The standard InChI is InChI=1S/C10H9N.C7H8N2O2/c11-10-7-3-5-8-4-1-2-6-9(8)10;8-5-1-4(7(10)11)2-6(9)3-5/h1-7H,11H2;1-3H,8-9H2,(H,10,11). The van der Waals surface area contributed by atoms with Gasteiger partial charge in [-0.05, 0) is 29.7 Å². The Kier molecular flexibility index (Phi) is 4.48. The number of nitrogen functional groups attached to an aromatic ring is 3. The number of hydrogen-bond acceptors (Lipinski definition) is 4. The van der Waals surface area contributed by atoms with Gasteiger partial charge in [-0.2, -0.15) is 0 Å². The molecule has 3 aromatic rings. The third kappa shape index (κ3) is 3.67. The molecule has 0 amide bonds. The minimum Gasteiger partial charge on any atom is -0.478 e. The van der Waals surface area contributed by atoms with E-state index in [2.05, 4.69) is 12.1 Å². The highest BCUT2D eigenvalue weighted by Gasteiger charge is 2.03. The molecule has 0 aliphatic rings. The summed E-state index contributed by atoms with van der Waals surface area (Å²) in [5.74, 6) is -1.02. The van der Waals surface area contributed by atoms with Crippen molar-refractivity contribution in [1.29, 1.82) is 0 Å². The van der Waals surface area contributed by atoms with Gasteiger partial charge in [-0.15, -0.1) is 0 Å². The van der Waals surface area contributed by atoms with Crippen molar-refractivity contribution in [2.45, 2.75) is 0 Å². The van der Waals surface area contributed by atoms with E-state index in [0.29, 0.717) is 11.4 Å². The highest BCUT2D eigenvalue weighted by molar-refractivity contribution is 5.92. The zero-order chi connectivity index (χ0) is 16.1. The fourth-order valence-electron chi connectivity index (χ4n) is 2.05. The van der Waals surface area contributed by atoms with Crippen LogP contribution in [0.3, 0.4) is 0 Å². The molecular formula is C17H17N3O2. The normalized spacial score (nSPS) is 9.82. The van der Waals surface area contributed by atoms with Crippen LogP contribution in [-0.4, -0.2) is 11.1 Å². The minimum atomic E-state index is -1.02. The molecule has 112 valence electrons. The molecule has 5 nitrogen and oxygen atoms in total. The molecule has 0 saturated carbocycles. The van der Waals surface area contributed by atoms with Crippen molar-refractivity contribution in [2.24, 2.45) is 0 Å². The number of carboxylic acid groups (broad SMARTS) is 1. The van der Waals surface area contributed by atoms with Gasteiger partial charge >= 0.3 is 5.97 Å². The average Bonchev–Trinajstić information content (AvgIpc) is 2.47. The number of rotatable bonds is 1. The third-order valence-corrected chi connectivity index (χ3v) is 3.05. The molecule has 5 heteroatoms. The number of carbonyl (C=O) groups is 1. The van der Waals surface area contributed by atoms with Gasteiger partial charge in [0.15, 0.2) is 0 Å². The van der Waals surface area contributed by atoms with Crippen LogP contribution >= 0.6 is 0 Å². The first-order chi connectivity index (χ1) is 10.5. The summed E-state index contributed by atoms with van der Waals surface area (Å²) >= 11 is 0. The van der Waals surface area contributed by atoms with Crippen LogP contribution in [0.1, 0.15) is 10.4 Å². The quantitative estimate of drug-likeness (QED) is 0.515. The Balaban J connectivity index is 0.000000160. The number of benzene rings is 3. The summed E-state index contributed by atoms with van der Waals surface area (Å²) in [5.41, 5.74) is 18.2. The molecule has 0 unspecified atom stereocenters. The Morgan fingerprint density at radius 2 is 1.41 bits per heavy atom. The minimum absolute atomic E-state index is 0.113. The maximum atomic E-state index is 10.4. The van der Waals surface area contributed by atoms with E-state index < -0.39 is 5.97 Å². The lowest BCUT2D eigenvalue weighted by atomic mass is 10.1. The van der Waals surface area contributed by atoms with Crippen LogP contribution in [0.25, 0.3) is 10.8 Å². The molecule has 0 saturated heterocycles. The van der Waals surface area contributed by atoms with E-state index in [0.717, 1.165) is 11.1 Å². The Bertz CT molecular complexity index is 790. The summed E-state index contributed by atoms with van der Waals surface area (Å²) < 4.78 is 0. The lowest BCUT2D eigenvalue weighted by Crippen LogP contribution is -1.99. The number of anilines is 3. The molecule has 7 N–H and O–H groups in total. The first-order valence-electron chi connectivity index (χ1n) is 6.60. The molecule has 3 aromatic carbocycles. The van der Waals surface area contributed by atoms with Crippen molar-refractivity contribution < 1.29 is 9.90 Å². The van der Waals surface area contributed by atoms with Gasteiger partial charge in [-0.3, -0.25) is 0 Å². The molecular weight excluding hydrogens is 278 g/mol. The van der Waals surface area contributed by atoms with Gasteiger partial charge in [0.1, 0.15) is 0 Å². The van der Waals surface area contributed by atoms with Gasteiger partial charge in [-0.1, -0.05) is 36.4 Å². The van der Waals surface area contributed by atoms with E-state index in [1.807, 2.05) is 30.3 Å². The molecule has 3 rings (SSSR count). The van der Waals surface area contributed by atoms with Crippen molar-refractivity contribution in [3.05, 3.63) is 66.2 Å². The molecule has 0 atom stereocenters. The Hall–Kier alpha value is -3.21. The first kappa shape index (κ1) is 15.2. The monoisotopic (exact) mass is 295 g/mol. The van der Waals surface area contributed by atoms with Crippen LogP contribution in [0.4, 0.5) is 17.1 Å². The second-order valence-corrected chi connectivity index (χ2v) is 4.76. The number of fused-ring (bicyclic) bond motifs is 1. The Labute approximate surface area is 128 Å². The molecule has 0 radical (unpaired) electrons. The van der Waals surface area contributed by atoms with Crippen LogP contribution < -0.4 is 17.2 Å². The van der Waals surface area contributed by atoms with E-state index in [1.165, 1.54) is 23.6 Å². The second kappa shape index (κ2) is 6.49. The summed E-state index contributed by atoms with van der Waals surface area (Å²) in [7, 11) is 0. The highest BCUT2D eigenvalue weighted by atomic mass is 16.4. The first-order valence-corrected chi connectivity index (χ1v) is 6.60. The Morgan fingerprint density at radius 3 is 2.00 bits per heavy atom. The van der Waals surface area contributed by atoms with E-state index >= 15 is 0 Å².